The van der Waals surface area contributed by atoms with Gasteiger partial charge in [0.2, 0.25) is 0 Å². The second-order valence-electron chi connectivity index (χ2n) is 8.46. The molecule has 30 heavy (non-hydrogen) atoms. The van der Waals surface area contributed by atoms with Crippen molar-refractivity contribution in [3.8, 4) is 23.0 Å². The molecule has 156 valence electrons. The minimum atomic E-state index is -0.462. The summed E-state index contributed by atoms with van der Waals surface area (Å²) < 4.78 is 17.4. The van der Waals surface area contributed by atoms with Crippen LogP contribution in [0, 0.1) is 0 Å². The highest BCUT2D eigenvalue weighted by Gasteiger charge is 2.44. The van der Waals surface area contributed by atoms with Crippen LogP contribution in [0.1, 0.15) is 72.3 Å². The van der Waals surface area contributed by atoms with Crippen LogP contribution < -0.4 is 14.2 Å². The maximum absolute atomic E-state index is 13.1. The number of ether oxygens (including phenoxy) is 3. The number of hydrogen-bond acceptors (Lipinski definition) is 6. The molecule has 6 heteroatoms. The number of hydrogen-bond donors (Lipinski definition) is 1. The van der Waals surface area contributed by atoms with Crippen molar-refractivity contribution in [1.29, 1.82) is 0 Å². The lowest BCUT2D eigenvalue weighted by Crippen LogP contribution is -2.44. The van der Waals surface area contributed by atoms with Gasteiger partial charge in [-0.2, -0.15) is 0 Å². The highest BCUT2D eigenvalue weighted by Crippen LogP contribution is 2.51. The van der Waals surface area contributed by atoms with Crippen molar-refractivity contribution < 1.29 is 28.9 Å². The van der Waals surface area contributed by atoms with Gasteiger partial charge in [0.15, 0.2) is 17.3 Å². The average molecular weight is 408 g/mol. The van der Waals surface area contributed by atoms with Crippen molar-refractivity contribution in [1.82, 2.24) is 0 Å². The van der Waals surface area contributed by atoms with E-state index in [1.807, 2.05) is 0 Å². The number of fused-ring (bicyclic) bond motifs is 3. The number of ketones is 1. The molecule has 0 amide bonds. The molecule has 0 saturated heterocycles. The maximum Gasteiger partial charge on any atom is 0.312 e. The van der Waals surface area contributed by atoms with Crippen LogP contribution in [-0.2, 0) is 4.79 Å². The third kappa shape index (κ3) is 3.02. The van der Waals surface area contributed by atoms with Gasteiger partial charge in [-0.25, -0.2) is 0 Å². The summed E-state index contributed by atoms with van der Waals surface area (Å²) in [6.07, 6.45) is 5.50. The molecular formula is C24H24O6. The summed E-state index contributed by atoms with van der Waals surface area (Å²) in [6.45, 7) is 0. The van der Waals surface area contributed by atoms with Crippen molar-refractivity contribution in [3.63, 3.8) is 0 Å². The first kappa shape index (κ1) is 19.0. The van der Waals surface area contributed by atoms with E-state index < -0.39 is 5.60 Å². The Hall–Kier alpha value is -3.02. The van der Waals surface area contributed by atoms with Crippen LogP contribution >= 0.6 is 0 Å². The van der Waals surface area contributed by atoms with E-state index in [4.69, 9.17) is 14.2 Å². The van der Waals surface area contributed by atoms with Gasteiger partial charge in [0.05, 0.1) is 25.5 Å². The van der Waals surface area contributed by atoms with Crippen molar-refractivity contribution in [3.05, 3.63) is 47.0 Å². The first-order valence-electron chi connectivity index (χ1n) is 10.5. The van der Waals surface area contributed by atoms with E-state index in [2.05, 4.69) is 0 Å². The molecule has 0 unspecified atom stereocenters. The fourth-order valence-electron chi connectivity index (χ4n) is 5.07. The smallest absolute Gasteiger partial charge is 0.312 e. The molecule has 1 N–H and O–H groups in total. The maximum atomic E-state index is 13.1. The average Bonchev–Trinajstić information content (AvgIpc) is 2.73. The van der Waals surface area contributed by atoms with Crippen LogP contribution in [0.25, 0.3) is 0 Å². The topological polar surface area (TPSA) is 82.1 Å². The molecule has 1 saturated carbocycles. The first-order chi connectivity index (χ1) is 14.5. The van der Waals surface area contributed by atoms with Crippen LogP contribution in [0.2, 0.25) is 0 Å². The highest BCUT2D eigenvalue weighted by molar-refractivity contribution is 6.01. The van der Waals surface area contributed by atoms with Gasteiger partial charge in [0.25, 0.3) is 0 Å². The molecule has 2 aliphatic heterocycles. The van der Waals surface area contributed by atoms with Gasteiger partial charge in [0.1, 0.15) is 17.1 Å². The predicted octanol–water partition coefficient (Wildman–Crippen LogP) is 4.51. The van der Waals surface area contributed by atoms with Gasteiger partial charge in [-0.3, -0.25) is 9.59 Å². The minimum absolute atomic E-state index is 0.0301. The Kier molecular flexibility index (Phi) is 4.45. The molecule has 0 aromatic heterocycles. The Labute approximate surface area is 174 Å². The Morgan fingerprint density at radius 1 is 1.10 bits per heavy atom. The number of phenolic OH excluding ortho intramolecular Hbond substituents is 1. The zero-order valence-corrected chi connectivity index (χ0v) is 16.9. The van der Waals surface area contributed by atoms with Crippen LogP contribution in [0.3, 0.4) is 0 Å². The number of rotatable bonds is 2. The molecule has 1 aliphatic carbocycles. The van der Waals surface area contributed by atoms with Gasteiger partial charge in [-0.05, 0) is 55.5 Å². The molecule has 6 nitrogen and oxygen atoms in total. The number of phenols is 1. The summed E-state index contributed by atoms with van der Waals surface area (Å²) in [5.74, 6) is 0.741. The summed E-state index contributed by atoms with van der Waals surface area (Å²) in [5.41, 5.74) is 1.63. The molecule has 1 spiro atoms. The van der Waals surface area contributed by atoms with Gasteiger partial charge in [-0.15, -0.1) is 0 Å². The number of Topliss-reactive ketones (excluding diaryl/α,β-unsaturated/α-hetero) is 1. The molecule has 1 atom stereocenters. The molecule has 2 heterocycles. The number of carbonyl (C=O) groups is 2. The highest BCUT2D eigenvalue weighted by atomic mass is 16.5. The largest absolute Gasteiger partial charge is 0.504 e. The van der Waals surface area contributed by atoms with E-state index >= 15 is 0 Å². The summed E-state index contributed by atoms with van der Waals surface area (Å²) in [6, 6.07) is 8.45. The fraction of sp³-hybridized carbons (Fsp3) is 0.417. The molecule has 1 fully saturated rings. The number of methoxy groups -OCH3 is 1. The lowest BCUT2D eigenvalue weighted by Gasteiger charge is -2.42. The monoisotopic (exact) mass is 408 g/mol. The van der Waals surface area contributed by atoms with E-state index in [0.29, 0.717) is 29.2 Å². The summed E-state index contributed by atoms with van der Waals surface area (Å²) in [7, 11) is 1.48. The quantitative estimate of drug-likeness (QED) is 0.582. The van der Waals surface area contributed by atoms with Crippen molar-refractivity contribution in [2.24, 2.45) is 0 Å². The zero-order valence-electron chi connectivity index (χ0n) is 16.9. The van der Waals surface area contributed by atoms with Crippen LogP contribution in [-0.4, -0.2) is 29.6 Å². The van der Waals surface area contributed by atoms with Gasteiger partial charge < -0.3 is 19.3 Å². The van der Waals surface area contributed by atoms with Crippen LogP contribution in [0.15, 0.2) is 30.3 Å². The SMILES string of the molecule is COc1cc([C@H]2CC(=O)Oc3ccc4c(c32)OC2(CCCCC2)CC4=O)ccc1O. The van der Waals surface area contributed by atoms with Gasteiger partial charge in [-0.1, -0.05) is 12.5 Å². The van der Waals surface area contributed by atoms with E-state index in [9.17, 15) is 14.7 Å². The molecule has 2 aromatic carbocycles. The Morgan fingerprint density at radius 3 is 2.67 bits per heavy atom. The second-order valence-corrected chi connectivity index (χ2v) is 8.46. The second kappa shape index (κ2) is 7.04. The summed E-state index contributed by atoms with van der Waals surface area (Å²) >= 11 is 0. The number of esters is 1. The van der Waals surface area contributed by atoms with Crippen molar-refractivity contribution in [2.45, 2.75) is 56.5 Å². The molecule has 5 rings (SSSR count). The van der Waals surface area contributed by atoms with E-state index in [1.54, 1.807) is 30.3 Å². The van der Waals surface area contributed by atoms with E-state index in [1.165, 1.54) is 7.11 Å². The molecule has 0 bridgehead atoms. The Balaban J connectivity index is 1.66. The minimum Gasteiger partial charge on any atom is -0.504 e. The first-order valence-corrected chi connectivity index (χ1v) is 10.5. The lowest BCUT2D eigenvalue weighted by atomic mass is 9.76. The predicted molar refractivity (Wildman–Crippen MR) is 109 cm³/mol. The molecule has 0 radical (unpaired) electrons. The fourth-order valence-corrected chi connectivity index (χ4v) is 5.07. The number of benzene rings is 2. The molecule has 3 aliphatic rings. The van der Waals surface area contributed by atoms with Gasteiger partial charge >= 0.3 is 5.97 Å². The number of aromatic hydroxyl groups is 1. The standard InChI is InChI=1S/C24H24O6/c1-28-20-11-14(5-7-17(20)25)16-12-21(27)29-19-8-6-15-18(26)13-24(9-3-2-4-10-24)30-23(15)22(16)19/h5-8,11,16,25H,2-4,9-10,12-13H2,1H3/t16-/m1/s1. The Bertz CT molecular complexity index is 1030. The van der Waals surface area contributed by atoms with Gasteiger partial charge in [0, 0.05) is 11.5 Å². The third-order valence-corrected chi connectivity index (χ3v) is 6.57. The van der Waals surface area contributed by atoms with E-state index in [0.717, 1.165) is 43.2 Å². The molecular weight excluding hydrogens is 384 g/mol. The van der Waals surface area contributed by atoms with E-state index in [-0.39, 0.29) is 29.8 Å². The van der Waals surface area contributed by atoms with Crippen molar-refractivity contribution in [2.75, 3.05) is 7.11 Å². The van der Waals surface area contributed by atoms with Crippen molar-refractivity contribution >= 4 is 11.8 Å². The third-order valence-electron chi connectivity index (χ3n) is 6.57. The molecule has 2 aromatic rings. The number of carbonyl (C=O) groups excluding carboxylic acids is 2. The zero-order chi connectivity index (χ0) is 20.9. The summed E-state index contributed by atoms with van der Waals surface area (Å²) in [5, 5.41) is 9.99. The Morgan fingerprint density at radius 2 is 1.90 bits per heavy atom. The van der Waals surface area contributed by atoms with Crippen LogP contribution in [0.5, 0.6) is 23.0 Å². The summed E-state index contributed by atoms with van der Waals surface area (Å²) in [4.78, 5) is 25.4. The van der Waals surface area contributed by atoms with Crippen LogP contribution in [0.4, 0.5) is 0 Å². The lowest BCUT2D eigenvalue weighted by molar-refractivity contribution is -0.135. The normalized spacial score (nSPS) is 22.0.